The molecule has 0 spiro atoms. The van der Waals surface area contributed by atoms with Gasteiger partial charge in [-0.1, -0.05) is 52.3 Å². The summed E-state index contributed by atoms with van der Waals surface area (Å²) in [5, 5.41) is 3.59. The number of halogens is 1. The molecular formula is C24H21BrN4O3. The number of para-hydroxylation sites is 1. The molecule has 32 heavy (non-hydrogen) atoms. The van der Waals surface area contributed by atoms with Gasteiger partial charge in [0.1, 0.15) is 11.0 Å². The molecule has 7 nitrogen and oxygen atoms in total. The van der Waals surface area contributed by atoms with E-state index >= 15 is 0 Å². The molecule has 8 heteroatoms. The Morgan fingerprint density at radius 3 is 2.38 bits per heavy atom. The predicted octanol–water partition coefficient (Wildman–Crippen LogP) is 3.56. The summed E-state index contributed by atoms with van der Waals surface area (Å²) < 4.78 is 5.10. The minimum atomic E-state index is -0.422. The normalized spacial score (nSPS) is 13.4. The number of rotatable bonds is 5. The fraction of sp³-hybridized carbons (Fsp3) is 0.208. The molecule has 5 rings (SSSR count). The monoisotopic (exact) mass is 492 g/mol. The van der Waals surface area contributed by atoms with Crippen LogP contribution in [0.15, 0.2) is 79.5 Å². The SMILES string of the molecule is Cn1c(=O)cc(NCc2ccccc2Br)c2c(=O)n(C3CC3)c(=O)n(-c3ccccc3)c21. The number of benzene rings is 2. The van der Waals surface area contributed by atoms with Gasteiger partial charge in [-0.15, -0.1) is 0 Å². The molecule has 1 fully saturated rings. The summed E-state index contributed by atoms with van der Waals surface area (Å²) in [4.78, 5) is 39.9. The molecule has 0 bridgehead atoms. The number of aromatic nitrogens is 3. The van der Waals surface area contributed by atoms with E-state index in [0.717, 1.165) is 22.9 Å². The highest BCUT2D eigenvalue weighted by Gasteiger charge is 2.30. The standard InChI is InChI=1S/C24H21BrN4O3/c1-27-20(30)13-19(26-14-15-7-5-6-10-18(15)25)21-22(27)28(16-8-3-2-4-9-16)24(32)29(23(21)31)17-11-12-17/h2-10,13,17,26H,11-12,14H2,1H3. The van der Waals surface area contributed by atoms with Crippen molar-refractivity contribution < 1.29 is 0 Å². The van der Waals surface area contributed by atoms with Crippen LogP contribution in [0, 0.1) is 0 Å². The first-order valence-electron chi connectivity index (χ1n) is 10.4. The Morgan fingerprint density at radius 2 is 1.69 bits per heavy atom. The zero-order chi connectivity index (χ0) is 22.4. The van der Waals surface area contributed by atoms with Gasteiger partial charge < -0.3 is 5.32 Å². The molecule has 2 aromatic heterocycles. The van der Waals surface area contributed by atoms with Crippen molar-refractivity contribution in [1.29, 1.82) is 0 Å². The Labute approximate surface area is 191 Å². The molecule has 0 unspecified atom stereocenters. The van der Waals surface area contributed by atoms with Crippen LogP contribution < -0.4 is 22.1 Å². The van der Waals surface area contributed by atoms with E-state index < -0.39 is 5.69 Å². The lowest BCUT2D eigenvalue weighted by molar-refractivity contribution is 0.637. The fourth-order valence-corrected chi connectivity index (χ4v) is 4.42. The maximum atomic E-state index is 13.6. The van der Waals surface area contributed by atoms with Gasteiger partial charge in [0.15, 0.2) is 0 Å². The molecule has 0 aliphatic heterocycles. The van der Waals surface area contributed by atoms with E-state index in [0.29, 0.717) is 23.3 Å². The third-order valence-corrected chi connectivity index (χ3v) is 6.58. The van der Waals surface area contributed by atoms with Crippen molar-refractivity contribution in [2.45, 2.75) is 25.4 Å². The highest BCUT2D eigenvalue weighted by Crippen LogP contribution is 2.33. The summed E-state index contributed by atoms with van der Waals surface area (Å²) in [6.07, 6.45) is 1.59. The second-order valence-electron chi connectivity index (χ2n) is 7.96. The van der Waals surface area contributed by atoms with Gasteiger partial charge in [-0.05, 0) is 36.6 Å². The van der Waals surface area contributed by atoms with E-state index in [4.69, 9.17) is 0 Å². The summed E-state index contributed by atoms with van der Waals surface area (Å²) in [5.74, 6) is 0. The first-order valence-corrected chi connectivity index (χ1v) is 11.2. The molecule has 162 valence electrons. The largest absolute Gasteiger partial charge is 0.380 e. The van der Waals surface area contributed by atoms with Gasteiger partial charge in [0.25, 0.3) is 11.1 Å². The maximum absolute atomic E-state index is 13.6. The molecule has 0 amide bonds. The summed E-state index contributed by atoms with van der Waals surface area (Å²) >= 11 is 3.53. The second kappa shape index (κ2) is 7.94. The first-order chi connectivity index (χ1) is 15.5. The highest BCUT2D eigenvalue weighted by molar-refractivity contribution is 9.10. The number of fused-ring (bicyclic) bond motifs is 1. The number of nitrogens with one attached hydrogen (secondary N) is 1. The van der Waals surface area contributed by atoms with Gasteiger partial charge in [-0.25, -0.2) is 9.36 Å². The summed E-state index contributed by atoms with van der Waals surface area (Å²) in [6, 6.07) is 18.2. The van der Waals surface area contributed by atoms with Gasteiger partial charge in [-0.3, -0.25) is 18.7 Å². The van der Waals surface area contributed by atoms with Gasteiger partial charge in [0, 0.05) is 30.2 Å². The first kappa shape index (κ1) is 20.5. The summed E-state index contributed by atoms with van der Waals surface area (Å²) in [7, 11) is 1.59. The van der Waals surface area contributed by atoms with Gasteiger partial charge in [-0.2, -0.15) is 0 Å². The van der Waals surface area contributed by atoms with E-state index in [-0.39, 0.29) is 22.8 Å². The predicted molar refractivity (Wildman–Crippen MR) is 129 cm³/mol. The lowest BCUT2D eigenvalue weighted by Crippen LogP contribution is -2.41. The number of hydrogen-bond donors (Lipinski definition) is 1. The Morgan fingerprint density at radius 1 is 1.00 bits per heavy atom. The number of anilines is 1. The van der Waals surface area contributed by atoms with Crippen LogP contribution in [-0.2, 0) is 13.6 Å². The van der Waals surface area contributed by atoms with Crippen LogP contribution >= 0.6 is 15.9 Å². The molecule has 2 aromatic carbocycles. The molecule has 0 saturated heterocycles. The second-order valence-corrected chi connectivity index (χ2v) is 8.81. The van der Waals surface area contributed by atoms with Crippen molar-refractivity contribution in [1.82, 2.24) is 13.7 Å². The van der Waals surface area contributed by atoms with E-state index in [1.165, 1.54) is 19.8 Å². The lowest BCUT2D eigenvalue weighted by Gasteiger charge is -2.19. The Balaban J connectivity index is 1.81. The van der Waals surface area contributed by atoms with E-state index in [2.05, 4.69) is 21.2 Å². The molecule has 2 heterocycles. The maximum Gasteiger partial charge on any atom is 0.337 e. The Bertz CT molecular complexity index is 1520. The minimum absolute atomic E-state index is 0.109. The fourth-order valence-electron chi connectivity index (χ4n) is 4.00. The van der Waals surface area contributed by atoms with Crippen molar-refractivity contribution in [2.75, 3.05) is 5.32 Å². The topological polar surface area (TPSA) is 78.0 Å². The molecule has 0 radical (unpaired) electrons. The lowest BCUT2D eigenvalue weighted by atomic mass is 10.2. The highest BCUT2D eigenvalue weighted by atomic mass is 79.9. The van der Waals surface area contributed by atoms with E-state index in [9.17, 15) is 14.4 Å². The van der Waals surface area contributed by atoms with Crippen LogP contribution in [0.4, 0.5) is 5.69 Å². The molecule has 1 N–H and O–H groups in total. The molecule has 1 saturated carbocycles. The van der Waals surface area contributed by atoms with Crippen molar-refractivity contribution >= 4 is 32.7 Å². The number of hydrogen-bond acceptors (Lipinski definition) is 4. The van der Waals surface area contributed by atoms with Crippen molar-refractivity contribution in [2.24, 2.45) is 7.05 Å². The van der Waals surface area contributed by atoms with Gasteiger partial charge >= 0.3 is 5.69 Å². The molecular weight excluding hydrogens is 472 g/mol. The van der Waals surface area contributed by atoms with Crippen LogP contribution in [0.25, 0.3) is 16.7 Å². The molecule has 4 aromatic rings. The minimum Gasteiger partial charge on any atom is -0.380 e. The van der Waals surface area contributed by atoms with Crippen LogP contribution in [0.1, 0.15) is 24.4 Å². The molecule has 1 aliphatic rings. The zero-order valence-electron chi connectivity index (χ0n) is 17.4. The smallest absolute Gasteiger partial charge is 0.337 e. The van der Waals surface area contributed by atoms with Crippen molar-refractivity contribution in [3.05, 3.63) is 102 Å². The van der Waals surface area contributed by atoms with E-state index in [1.54, 1.807) is 19.2 Å². The third-order valence-electron chi connectivity index (χ3n) is 5.80. The molecule has 0 atom stereocenters. The zero-order valence-corrected chi connectivity index (χ0v) is 19.0. The summed E-state index contributed by atoms with van der Waals surface area (Å²) in [6.45, 7) is 0.414. The Hall–Kier alpha value is -3.39. The summed E-state index contributed by atoms with van der Waals surface area (Å²) in [5.41, 5.74) is 1.20. The quantitative estimate of drug-likeness (QED) is 0.461. The average molecular weight is 493 g/mol. The average Bonchev–Trinajstić information content (AvgIpc) is 3.62. The number of nitrogens with zero attached hydrogens (tertiary/aromatic N) is 3. The Kier molecular flexibility index (Phi) is 5.09. The van der Waals surface area contributed by atoms with E-state index in [1.807, 2.05) is 42.5 Å². The number of pyridine rings is 1. The van der Waals surface area contributed by atoms with Crippen molar-refractivity contribution in [3.8, 4) is 5.69 Å². The number of aryl methyl sites for hydroxylation is 1. The third kappa shape index (κ3) is 3.40. The van der Waals surface area contributed by atoms with Crippen molar-refractivity contribution in [3.63, 3.8) is 0 Å². The van der Waals surface area contributed by atoms with Gasteiger partial charge in [0.2, 0.25) is 0 Å². The van der Waals surface area contributed by atoms with Crippen LogP contribution in [0.2, 0.25) is 0 Å². The van der Waals surface area contributed by atoms with Gasteiger partial charge in [0.05, 0.1) is 11.4 Å². The van der Waals surface area contributed by atoms with Crippen LogP contribution in [0.5, 0.6) is 0 Å². The van der Waals surface area contributed by atoms with Crippen LogP contribution in [-0.4, -0.2) is 13.7 Å². The van der Waals surface area contributed by atoms with Crippen LogP contribution in [0.3, 0.4) is 0 Å². The molecule has 1 aliphatic carbocycles.